The first-order chi connectivity index (χ1) is 17.5. The number of tetrazole rings is 1. The molecule has 2 aromatic carbocycles. The van der Waals surface area contributed by atoms with E-state index in [0.717, 1.165) is 22.5 Å². The fourth-order valence-electron chi connectivity index (χ4n) is 5.15. The predicted octanol–water partition coefficient (Wildman–Crippen LogP) is 1.69. The molecule has 0 radical (unpaired) electrons. The third-order valence-corrected chi connectivity index (χ3v) is 6.58. The maximum absolute atomic E-state index is 13.6. The van der Waals surface area contributed by atoms with E-state index < -0.39 is 11.6 Å². The number of carbonyl (C=O) groups excluding carboxylic acids is 2. The Morgan fingerprint density at radius 3 is 2.47 bits per heavy atom. The first kappa shape index (κ1) is 21.8. The van der Waals surface area contributed by atoms with Crippen LogP contribution in [0.25, 0.3) is 0 Å². The van der Waals surface area contributed by atoms with Gasteiger partial charge in [0.15, 0.2) is 5.82 Å². The number of nitrogens with one attached hydrogen (secondary N) is 1. The summed E-state index contributed by atoms with van der Waals surface area (Å²) in [5.74, 6) is -0.218. The van der Waals surface area contributed by atoms with Gasteiger partial charge in [0.1, 0.15) is 12.1 Å². The minimum atomic E-state index is -1.07. The number of amides is 2. The third kappa shape index (κ3) is 3.23. The van der Waals surface area contributed by atoms with Crippen molar-refractivity contribution in [1.82, 2.24) is 35.5 Å². The molecule has 11 nitrogen and oxygen atoms in total. The molecule has 2 aromatic heterocycles. The molecule has 1 N–H and O–H groups in total. The Morgan fingerprint density at radius 2 is 1.75 bits per heavy atom. The Morgan fingerprint density at radius 1 is 1.03 bits per heavy atom. The normalized spacial score (nSPS) is 20.9. The highest BCUT2D eigenvalue weighted by atomic mass is 16.5. The predicted molar refractivity (Wildman–Crippen MR) is 127 cm³/mol. The van der Waals surface area contributed by atoms with Crippen LogP contribution in [-0.4, -0.2) is 60.0 Å². The largest absolute Gasteiger partial charge is 0.447 e. The molecule has 36 heavy (non-hydrogen) atoms. The lowest BCUT2D eigenvalue weighted by atomic mass is 9.69. The third-order valence-electron chi connectivity index (χ3n) is 6.58. The highest BCUT2D eigenvalue weighted by molar-refractivity contribution is 6.04. The second-order valence-corrected chi connectivity index (χ2v) is 8.81. The number of aryl methyl sites for hydroxylation is 2. The van der Waals surface area contributed by atoms with Crippen molar-refractivity contribution in [2.45, 2.75) is 32.0 Å². The number of hydrogen-bond donors (Lipinski definition) is 1. The molecule has 11 heteroatoms. The first-order valence-corrected chi connectivity index (χ1v) is 11.5. The zero-order valence-corrected chi connectivity index (χ0v) is 19.6. The van der Waals surface area contributed by atoms with Gasteiger partial charge in [0.25, 0.3) is 5.91 Å². The minimum Gasteiger partial charge on any atom is -0.447 e. The molecular formula is C25H22N8O3. The lowest BCUT2D eigenvalue weighted by Crippen LogP contribution is -2.74. The van der Waals surface area contributed by atoms with Crippen LogP contribution in [0.2, 0.25) is 0 Å². The number of rotatable bonds is 5. The Kier molecular flexibility index (Phi) is 4.99. The number of aromatic nitrogens is 6. The van der Waals surface area contributed by atoms with E-state index in [1.54, 1.807) is 9.80 Å². The topological polar surface area (TPSA) is 130 Å². The summed E-state index contributed by atoms with van der Waals surface area (Å²) in [4.78, 5) is 39.1. The van der Waals surface area contributed by atoms with Crippen LogP contribution in [0.5, 0.6) is 6.01 Å². The van der Waals surface area contributed by atoms with Gasteiger partial charge in [0.05, 0.1) is 12.2 Å². The number of benzene rings is 2. The number of para-hydroxylation sites is 1. The molecule has 0 bridgehead atoms. The monoisotopic (exact) mass is 482 g/mol. The number of H-pyrrole nitrogens is 1. The van der Waals surface area contributed by atoms with E-state index in [9.17, 15) is 9.59 Å². The standard InChI is InChI=1S/C25H22N8O3/c1-15-12-16(2)27-24(26-15)36-22-23(35)33-14-21(34)32(13-20-28-30-31-29-20)19-11-7-6-10-18(19)25(22,33)17-8-4-3-5-9-17/h3-12,22H,13-14H2,1-2H3,(H,28,29,30,31)/t22-,25-/m1/s1. The van der Waals surface area contributed by atoms with Gasteiger partial charge < -0.3 is 14.5 Å². The molecule has 0 spiro atoms. The van der Waals surface area contributed by atoms with E-state index >= 15 is 0 Å². The highest BCUT2D eigenvalue weighted by Crippen LogP contribution is 2.52. The summed E-state index contributed by atoms with van der Waals surface area (Å²) in [5, 5.41) is 14.1. The number of β-lactam (4-membered cyclic amide) rings is 1. The maximum Gasteiger partial charge on any atom is 0.317 e. The molecule has 0 saturated carbocycles. The second kappa shape index (κ2) is 8.22. The fraction of sp³-hybridized carbons (Fsp3) is 0.240. The molecule has 6 rings (SSSR count). The summed E-state index contributed by atoms with van der Waals surface area (Å²) < 4.78 is 6.26. The number of anilines is 1. The number of hydrogen-bond acceptors (Lipinski definition) is 8. The van der Waals surface area contributed by atoms with Gasteiger partial charge in [-0.2, -0.15) is 5.21 Å². The molecule has 1 fully saturated rings. The van der Waals surface area contributed by atoms with E-state index in [1.165, 1.54) is 0 Å². The molecule has 2 aliphatic rings. The number of nitrogens with zero attached hydrogens (tertiary/aromatic N) is 7. The van der Waals surface area contributed by atoms with Gasteiger partial charge in [0.2, 0.25) is 12.0 Å². The van der Waals surface area contributed by atoms with Gasteiger partial charge in [-0.15, -0.1) is 10.2 Å². The van der Waals surface area contributed by atoms with Gasteiger partial charge in [-0.3, -0.25) is 9.59 Å². The second-order valence-electron chi connectivity index (χ2n) is 8.81. The molecular weight excluding hydrogens is 460 g/mol. The average molecular weight is 483 g/mol. The lowest BCUT2D eigenvalue weighted by molar-refractivity contribution is -0.178. The molecule has 2 aliphatic heterocycles. The van der Waals surface area contributed by atoms with Gasteiger partial charge in [-0.25, -0.2) is 9.97 Å². The van der Waals surface area contributed by atoms with Crippen LogP contribution in [0.4, 0.5) is 5.69 Å². The quantitative estimate of drug-likeness (QED) is 0.425. The van der Waals surface area contributed by atoms with Crippen LogP contribution < -0.4 is 9.64 Å². The van der Waals surface area contributed by atoms with Crippen molar-refractivity contribution in [3.05, 3.63) is 89.0 Å². The summed E-state index contributed by atoms with van der Waals surface area (Å²) in [6, 6.07) is 19.1. The summed E-state index contributed by atoms with van der Waals surface area (Å²) in [7, 11) is 0. The molecule has 2 atom stereocenters. The molecule has 0 aliphatic carbocycles. The number of fused-ring (bicyclic) bond motifs is 3. The number of aromatic amines is 1. The van der Waals surface area contributed by atoms with Crippen molar-refractivity contribution < 1.29 is 14.3 Å². The number of ether oxygens (including phenoxy) is 1. The first-order valence-electron chi connectivity index (χ1n) is 11.5. The molecule has 4 aromatic rings. The molecule has 1 saturated heterocycles. The maximum atomic E-state index is 13.6. The van der Waals surface area contributed by atoms with E-state index in [4.69, 9.17) is 4.74 Å². The van der Waals surface area contributed by atoms with Crippen molar-refractivity contribution in [2.75, 3.05) is 11.4 Å². The van der Waals surface area contributed by atoms with Crippen LogP contribution in [0, 0.1) is 13.8 Å². The molecule has 4 heterocycles. The van der Waals surface area contributed by atoms with E-state index in [-0.39, 0.29) is 30.9 Å². The van der Waals surface area contributed by atoms with E-state index in [0.29, 0.717) is 11.5 Å². The van der Waals surface area contributed by atoms with E-state index in [2.05, 4.69) is 30.6 Å². The highest BCUT2D eigenvalue weighted by Gasteiger charge is 2.66. The average Bonchev–Trinajstić information content (AvgIpc) is 3.37. The molecule has 2 amide bonds. The van der Waals surface area contributed by atoms with Gasteiger partial charge in [-0.1, -0.05) is 53.7 Å². The summed E-state index contributed by atoms with van der Waals surface area (Å²) in [6.45, 7) is 3.65. The van der Waals surface area contributed by atoms with Crippen molar-refractivity contribution in [2.24, 2.45) is 0 Å². The lowest BCUT2D eigenvalue weighted by Gasteiger charge is -2.55. The van der Waals surface area contributed by atoms with E-state index in [1.807, 2.05) is 74.5 Å². The summed E-state index contributed by atoms with van der Waals surface area (Å²) >= 11 is 0. The summed E-state index contributed by atoms with van der Waals surface area (Å²) in [5.41, 5.74) is 2.61. The van der Waals surface area contributed by atoms with Crippen molar-refractivity contribution >= 4 is 17.5 Å². The van der Waals surface area contributed by atoms with Gasteiger partial charge >= 0.3 is 6.01 Å². The van der Waals surface area contributed by atoms with Crippen LogP contribution in [0.15, 0.2) is 60.7 Å². The fourth-order valence-corrected chi connectivity index (χ4v) is 5.15. The van der Waals surface area contributed by atoms with Crippen LogP contribution in [0.1, 0.15) is 28.3 Å². The Hall–Kier alpha value is -4.67. The van der Waals surface area contributed by atoms with Crippen molar-refractivity contribution in [3.8, 4) is 6.01 Å². The SMILES string of the molecule is Cc1cc(C)nc(O[C@@H]2C(=O)N3CC(=O)N(Cc4nn[nH]n4)c4ccccc4[C@]23c2ccccc2)n1. The zero-order valence-electron chi connectivity index (χ0n) is 19.6. The van der Waals surface area contributed by atoms with Gasteiger partial charge in [0, 0.05) is 17.0 Å². The molecule has 180 valence electrons. The Labute approximate surface area is 206 Å². The van der Waals surface area contributed by atoms with Gasteiger partial charge in [-0.05, 0) is 31.5 Å². The smallest absolute Gasteiger partial charge is 0.317 e. The summed E-state index contributed by atoms with van der Waals surface area (Å²) in [6.07, 6.45) is -0.972. The van der Waals surface area contributed by atoms with Crippen LogP contribution in [-0.2, 0) is 21.7 Å². The minimum absolute atomic E-state index is 0.102. The Balaban J connectivity index is 1.55. The number of carbonyl (C=O) groups is 2. The van der Waals surface area contributed by atoms with Crippen molar-refractivity contribution in [1.29, 1.82) is 0 Å². The van der Waals surface area contributed by atoms with Crippen LogP contribution >= 0.6 is 0 Å². The van der Waals surface area contributed by atoms with Crippen LogP contribution in [0.3, 0.4) is 0 Å². The molecule has 0 unspecified atom stereocenters. The Bertz CT molecular complexity index is 1440. The van der Waals surface area contributed by atoms with Crippen molar-refractivity contribution in [3.63, 3.8) is 0 Å². The zero-order chi connectivity index (χ0) is 24.9.